The molecule has 1 aromatic rings. The predicted octanol–water partition coefficient (Wildman–Crippen LogP) is 1.02. The normalized spacial score (nSPS) is 12.8. The standard InChI is InChI=1S/C8H8F5N3O3S/c9-6(10)5-4(20(15,17)18)1-3(2-14)16-7(5)19-8(11,12)13/h1,6H,2,14H2,(H2,15,17,18). The molecule has 114 valence electrons. The largest absolute Gasteiger partial charge is 0.574 e. The highest BCUT2D eigenvalue weighted by Crippen LogP contribution is 2.36. The van der Waals surface area contributed by atoms with Gasteiger partial charge in [-0.25, -0.2) is 27.3 Å². The van der Waals surface area contributed by atoms with E-state index in [2.05, 4.69) is 14.9 Å². The lowest BCUT2D eigenvalue weighted by molar-refractivity contribution is -0.276. The number of hydrogen-bond donors (Lipinski definition) is 2. The van der Waals surface area contributed by atoms with Crippen molar-refractivity contribution >= 4 is 10.0 Å². The van der Waals surface area contributed by atoms with Crippen LogP contribution in [0.2, 0.25) is 0 Å². The molecule has 0 bridgehead atoms. The zero-order chi connectivity index (χ0) is 15.7. The molecule has 0 spiro atoms. The van der Waals surface area contributed by atoms with Gasteiger partial charge in [0.1, 0.15) is 5.56 Å². The summed E-state index contributed by atoms with van der Waals surface area (Å²) in [6, 6.07) is 0.570. The van der Waals surface area contributed by atoms with E-state index in [1.54, 1.807) is 0 Å². The maximum absolute atomic E-state index is 12.8. The van der Waals surface area contributed by atoms with Gasteiger partial charge in [-0.1, -0.05) is 0 Å². The molecule has 20 heavy (non-hydrogen) atoms. The number of aromatic nitrogens is 1. The number of ether oxygens (including phenoxy) is 1. The van der Waals surface area contributed by atoms with E-state index < -0.39 is 51.4 Å². The van der Waals surface area contributed by atoms with Crippen molar-refractivity contribution in [3.05, 3.63) is 17.3 Å². The fourth-order valence-corrected chi connectivity index (χ4v) is 2.07. The van der Waals surface area contributed by atoms with Crippen LogP contribution in [0.4, 0.5) is 22.0 Å². The minimum absolute atomic E-state index is 0.405. The van der Waals surface area contributed by atoms with E-state index >= 15 is 0 Å². The van der Waals surface area contributed by atoms with Gasteiger partial charge in [0, 0.05) is 6.54 Å². The van der Waals surface area contributed by atoms with Crippen LogP contribution in [-0.4, -0.2) is 19.8 Å². The summed E-state index contributed by atoms with van der Waals surface area (Å²) >= 11 is 0. The Labute approximate surface area is 109 Å². The monoisotopic (exact) mass is 321 g/mol. The Kier molecular flexibility index (Phi) is 4.51. The quantitative estimate of drug-likeness (QED) is 0.805. The van der Waals surface area contributed by atoms with Crippen molar-refractivity contribution in [3.8, 4) is 5.88 Å². The smallest absolute Gasteiger partial charge is 0.387 e. The molecule has 12 heteroatoms. The number of rotatable bonds is 4. The van der Waals surface area contributed by atoms with E-state index in [0.29, 0.717) is 6.07 Å². The fourth-order valence-electron chi connectivity index (χ4n) is 1.29. The second kappa shape index (κ2) is 5.46. The van der Waals surface area contributed by atoms with E-state index in [0.717, 1.165) is 0 Å². The van der Waals surface area contributed by atoms with Gasteiger partial charge >= 0.3 is 6.36 Å². The van der Waals surface area contributed by atoms with Crippen molar-refractivity contribution in [3.63, 3.8) is 0 Å². The molecule has 4 N–H and O–H groups in total. The van der Waals surface area contributed by atoms with Crippen LogP contribution in [0.5, 0.6) is 5.88 Å². The average molecular weight is 321 g/mol. The maximum Gasteiger partial charge on any atom is 0.574 e. The third-order valence-electron chi connectivity index (χ3n) is 1.99. The number of nitrogens with zero attached hydrogens (tertiary/aromatic N) is 1. The lowest BCUT2D eigenvalue weighted by atomic mass is 10.2. The van der Waals surface area contributed by atoms with Crippen LogP contribution < -0.4 is 15.6 Å². The van der Waals surface area contributed by atoms with Crippen molar-refractivity contribution in [1.29, 1.82) is 0 Å². The Bertz CT molecular complexity index is 602. The second-order valence-electron chi connectivity index (χ2n) is 3.43. The molecule has 0 saturated carbocycles. The lowest BCUT2D eigenvalue weighted by Gasteiger charge is -2.15. The second-order valence-corrected chi connectivity index (χ2v) is 4.96. The van der Waals surface area contributed by atoms with Crippen molar-refractivity contribution in [2.75, 3.05) is 0 Å². The number of hydrogen-bond acceptors (Lipinski definition) is 5. The van der Waals surface area contributed by atoms with Crippen molar-refractivity contribution in [2.45, 2.75) is 24.2 Å². The van der Waals surface area contributed by atoms with E-state index in [-0.39, 0.29) is 0 Å². The van der Waals surface area contributed by atoms with Crippen molar-refractivity contribution in [1.82, 2.24) is 4.98 Å². The highest BCUT2D eigenvalue weighted by molar-refractivity contribution is 7.89. The van der Waals surface area contributed by atoms with E-state index in [9.17, 15) is 30.4 Å². The minimum atomic E-state index is -5.33. The Balaban J connectivity index is 3.63. The molecule has 0 aliphatic carbocycles. The summed E-state index contributed by atoms with van der Waals surface area (Å²) in [5, 5.41) is 4.69. The molecular weight excluding hydrogens is 313 g/mol. The summed E-state index contributed by atoms with van der Waals surface area (Å²) in [6.07, 6.45) is -8.93. The Morgan fingerprint density at radius 2 is 1.90 bits per heavy atom. The molecule has 0 saturated heterocycles. The number of alkyl halides is 5. The maximum atomic E-state index is 12.8. The summed E-state index contributed by atoms with van der Waals surface area (Å²) in [5.74, 6) is -1.60. The predicted molar refractivity (Wildman–Crippen MR) is 55.1 cm³/mol. The number of primary sulfonamides is 1. The summed E-state index contributed by atoms with van der Waals surface area (Å²) in [6.45, 7) is -0.500. The molecule has 0 aliphatic rings. The van der Waals surface area contributed by atoms with Gasteiger partial charge in [0.2, 0.25) is 15.9 Å². The molecule has 1 rings (SSSR count). The van der Waals surface area contributed by atoms with E-state index in [1.807, 2.05) is 0 Å². The zero-order valence-corrected chi connectivity index (χ0v) is 10.3. The topological polar surface area (TPSA) is 108 Å². The van der Waals surface area contributed by atoms with Gasteiger partial charge in [0.25, 0.3) is 6.43 Å². The van der Waals surface area contributed by atoms with Gasteiger partial charge in [0.15, 0.2) is 0 Å². The third-order valence-corrected chi connectivity index (χ3v) is 2.94. The molecule has 1 heterocycles. The molecule has 0 fully saturated rings. The molecule has 6 nitrogen and oxygen atoms in total. The molecular formula is C8H8F5N3O3S. The van der Waals surface area contributed by atoms with Crippen LogP contribution in [0.25, 0.3) is 0 Å². The van der Waals surface area contributed by atoms with Crippen molar-refractivity contribution < 1.29 is 35.1 Å². The van der Waals surface area contributed by atoms with E-state index in [4.69, 9.17) is 5.73 Å². The molecule has 0 aliphatic heterocycles. The highest BCUT2D eigenvalue weighted by Gasteiger charge is 2.36. The Morgan fingerprint density at radius 3 is 2.25 bits per heavy atom. The first kappa shape index (κ1) is 16.5. The third kappa shape index (κ3) is 3.98. The first-order valence-electron chi connectivity index (χ1n) is 4.76. The van der Waals surface area contributed by atoms with E-state index in [1.165, 1.54) is 0 Å². The Morgan fingerprint density at radius 1 is 1.35 bits per heavy atom. The highest BCUT2D eigenvalue weighted by atomic mass is 32.2. The molecule has 0 unspecified atom stereocenters. The lowest BCUT2D eigenvalue weighted by Crippen LogP contribution is -2.23. The van der Waals surface area contributed by atoms with Gasteiger partial charge < -0.3 is 10.5 Å². The van der Waals surface area contributed by atoms with Crippen molar-refractivity contribution in [2.24, 2.45) is 10.9 Å². The van der Waals surface area contributed by atoms with Crippen LogP contribution in [0.3, 0.4) is 0 Å². The van der Waals surface area contributed by atoms with Crippen LogP contribution in [0.1, 0.15) is 17.7 Å². The van der Waals surface area contributed by atoms with Crippen LogP contribution in [-0.2, 0) is 16.6 Å². The van der Waals surface area contributed by atoms with Gasteiger partial charge in [0.05, 0.1) is 10.6 Å². The molecule has 0 aromatic carbocycles. The van der Waals surface area contributed by atoms with Gasteiger partial charge in [-0.2, -0.15) is 0 Å². The summed E-state index contributed by atoms with van der Waals surface area (Å²) in [5.41, 5.74) is 3.13. The summed E-state index contributed by atoms with van der Waals surface area (Å²) in [7, 11) is -4.71. The number of nitrogens with two attached hydrogens (primary N) is 2. The minimum Gasteiger partial charge on any atom is -0.387 e. The summed E-state index contributed by atoms with van der Waals surface area (Å²) in [4.78, 5) is 1.88. The number of halogens is 5. The fraction of sp³-hybridized carbons (Fsp3) is 0.375. The van der Waals surface area contributed by atoms with Crippen LogP contribution in [0.15, 0.2) is 11.0 Å². The Hall–Kier alpha value is -1.53. The molecule has 0 radical (unpaired) electrons. The molecule has 0 atom stereocenters. The number of sulfonamides is 1. The number of pyridine rings is 1. The van der Waals surface area contributed by atoms with Crippen LogP contribution in [0, 0.1) is 0 Å². The first-order chi connectivity index (χ1) is 8.95. The van der Waals surface area contributed by atoms with Gasteiger partial charge in [-0.3, -0.25) is 0 Å². The SMILES string of the molecule is NCc1cc(S(N)(=O)=O)c(C(F)F)c(OC(F)(F)F)n1. The molecule has 0 amide bonds. The van der Waals surface area contributed by atoms with Gasteiger partial charge in [-0.15, -0.1) is 13.2 Å². The molecule has 1 aromatic heterocycles. The average Bonchev–Trinajstić information content (AvgIpc) is 2.23. The van der Waals surface area contributed by atoms with Gasteiger partial charge in [-0.05, 0) is 6.07 Å². The summed E-state index contributed by atoms with van der Waals surface area (Å²) < 4.78 is 87.6. The zero-order valence-electron chi connectivity index (χ0n) is 9.49. The first-order valence-corrected chi connectivity index (χ1v) is 6.31. The van der Waals surface area contributed by atoms with Crippen LogP contribution >= 0.6 is 0 Å².